The minimum atomic E-state index is 0.712. The first-order chi connectivity index (χ1) is 23.7. The summed E-state index contributed by atoms with van der Waals surface area (Å²) in [5, 5.41) is 2.34. The molecule has 0 spiro atoms. The van der Waals surface area contributed by atoms with Crippen molar-refractivity contribution in [1.82, 2.24) is 9.97 Å². The van der Waals surface area contributed by atoms with Crippen LogP contribution in [-0.4, -0.2) is 9.97 Å². The Labute approximate surface area is 282 Å². The summed E-state index contributed by atoms with van der Waals surface area (Å²) in [6, 6.07) is 53.6. The maximum Gasteiger partial charge on any atom is 0.160 e. The molecule has 1 aliphatic rings. The molecule has 0 saturated carbocycles. The van der Waals surface area contributed by atoms with E-state index in [0.29, 0.717) is 5.82 Å². The highest BCUT2D eigenvalue weighted by Crippen LogP contribution is 2.35. The van der Waals surface area contributed by atoms with Crippen LogP contribution in [0, 0.1) is 0 Å². The molecule has 0 unspecified atom stereocenters. The SMILES string of the molecule is CC1=CC=CC(c2ccc(-c3ccc4c(-c5cc(-c6ccccc6)nc(-c6ccc(-c7ccccc7)cc6)n5)cccc4c3)cc2)=CC1. The maximum atomic E-state index is 5.17. The summed E-state index contributed by atoms with van der Waals surface area (Å²) in [4.78, 5) is 10.2. The fraction of sp³-hybridized carbons (Fsp3) is 0.0435. The van der Waals surface area contributed by atoms with Gasteiger partial charge < -0.3 is 0 Å². The van der Waals surface area contributed by atoms with Crippen LogP contribution in [-0.2, 0) is 0 Å². The summed E-state index contributed by atoms with van der Waals surface area (Å²) in [7, 11) is 0. The van der Waals surface area contributed by atoms with E-state index in [1.165, 1.54) is 44.3 Å². The van der Waals surface area contributed by atoms with Gasteiger partial charge in [0.25, 0.3) is 0 Å². The molecule has 7 aromatic rings. The molecule has 8 rings (SSSR count). The number of rotatable bonds is 6. The van der Waals surface area contributed by atoms with Crippen LogP contribution < -0.4 is 0 Å². The first-order valence-electron chi connectivity index (χ1n) is 16.5. The summed E-state index contributed by atoms with van der Waals surface area (Å²) < 4.78 is 0. The lowest BCUT2D eigenvalue weighted by atomic mass is 9.95. The summed E-state index contributed by atoms with van der Waals surface area (Å²) in [5.74, 6) is 0.712. The van der Waals surface area contributed by atoms with E-state index in [1.807, 2.05) is 12.1 Å². The average molecular weight is 615 g/mol. The van der Waals surface area contributed by atoms with Crippen molar-refractivity contribution < 1.29 is 0 Å². The average Bonchev–Trinajstić information content (AvgIpc) is 3.39. The van der Waals surface area contributed by atoms with Crippen LogP contribution in [0.25, 0.3) is 72.5 Å². The third-order valence-corrected chi connectivity index (χ3v) is 9.05. The lowest BCUT2D eigenvalue weighted by Gasteiger charge is -2.13. The molecular weight excluding hydrogens is 581 g/mol. The lowest BCUT2D eigenvalue weighted by molar-refractivity contribution is 1.18. The van der Waals surface area contributed by atoms with Crippen molar-refractivity contribution in [2.24, 2.45) is 0 Å². The van der Waals surface area contributed by atoms with Crippen LogP contribution in [0.1, 0.15) is 18.9 Å². The molecule has 1 aliphatic carbocycles. The maximum absolute atomic E-state index is 5.17. The third-order valence-electron chi connectivity index (χ3n) is 9.05. The molecule has 1 aromatic heterocycles. The minimum absolute atomic E-state index is 0.712. The zero-order chi connectivity index (χ0) is 32.3. The standard InChI is InChI=1S/C46H34N2/c1-32-10-8-15-34(19-18-32)36-20-22-37(23-21-36)40-28-29-42-41(30-40)16-9-17-43(42)45-31-44(38-13-6-3-7-14-38)47-46(48-45)39-26-24-35(25-27-39)33-11-4-2-5-12-33/h2-17,19-31H,18H2,1H3. The number of nitrogens with zero attached hydrogens (tertiary/aromatic N) is 2. The van der Waals surface area contributed by atoms with Crippen molar-refractivity contribution >= 4 is 16.3 Å². The Morgan fingerprint density at radius 2 is 1.08 bits per heavy atom. The number of allylic oxidation sites excluding steroid dienone is 6. The molecule has 0 amide bonds. The quantitative estimate of drug-likeness (QED) is 0.186. The van der Waals surface area contributed by atoms with Crippen LogP contribution in [0.2, 0.25) is 0 Å². The second kappa shape index (κ2) is 12.9. The Morgan fingerprint density at radius 1 is 0.479 bits per heavy atom. The minimum Gasteiger partial charge on any atom is -0.228 e. The summed E-state index contributed by atoms with van der Waals surface area (Å²) in [6.07, 6.45) is 9.83. The van der Waals surface area contributed by atoms with Gasteiger partial charge >= 0.3 is 0 Å². The molecule has 48 heavy (non-hydrogen) atoms. The molecule has 0 radical (unpaired) electrons. The van der Waals surface area contributed by atoms with Crippen molar-refractivity contribution in [2.75, 3.05) is 0 Å². The largest absolute Gasteiger partial charge is 0.228 e. The van der Waals surface area contributed by atoms with E-state index in [0.717, 1.165) is 39.9 Å². The van der Waals surface area contributed by atoms with Gasteiger partial charge in [-0.3, -0.25) is 0 Å². The van der Waals surface area contributed by atoms with Gasteiger partial charge in [-0.05, 0) is 69.6 Å². The van der Waals surface area contributed by atoms with E-state index in [2.05, 4.69) is 171 Å². The number of hydrogen-bond acceptors (Lipinski definition) is 2. The van der Waals surface area contributed by atoms with Gasteiger partial charge in [-0.2, -0.15) is 0 Å². The van der Waals surface area contributed by atoms with E-state index < -0.39 is 0 Å². The van der Waals surface area contributed by atoms with Gasteiger partial charge in [0.2, 0.25) is 0 Å². The van der Waals surface area contributed by atoms with Crippen molar-refractivity contribution in [1.29, 1.82) is 0 Å². The van der Waals surface area contributed by atoms with Crippen LogP contribution in [0.3, 0.4) is 0 Å². The summed E-state index contributed by atoms with van der Waals surface area (Å²) in [5.41, 5.74) is 13.6. The Kier molecular flexibility index (Phi) is 7.90. The summed E-state index contributed by atoms with van der Waals surface area (Å²) >= 11 is 0. The lowest BCUT2D eigenvalue weighted by Crippen LogP contribution is -1.96. The highest BCUT2D eigenvalue weighted by molar-refractivity contribution is 5.98. The second-order valence-electron chi connectivity index (χ2n) is 12.3. The van der Waals surface area contributed by atoms with Gasteiger partial charge in [0.05, 0.1) is 11.4 Å². The highest BCUT2D eigenvalue weighted by atomic mass is 14.9. The molecule has 2 nitrogen and oxygen atoms in total. The van der Waals surface area contributed by atoms with Crippen molar-refractivity contribution in [2.45, 2.75) is 13.3 Å². The molecule has 228 valence electrons. The van der Waals surface area contributed by atoms with E-state index in [4.69, 9.17) is 9.97 Å². The molecule has 2 heteroatoms. The highest BCUT2D eigenvalue weighted by Gasteiger charge is 2.14. The molecule has 0 bridgehead atoms. The van der Waals surface area contributed by atoms with Crippen molar-refractivity contribution in [3.63, 3.8) is 0 Å². The van der Waals surface area contributed by atoms with Gasteiger partial charge in [0.15, 0.2) is 5.82 Å². The predicted octanol–water partition coefficient (Wildman–Crippen LogP) is 12.3. The van der Waals surface area contributed by atoms with Crippen LogP contribution >= 0.6 is 0 Å². The third kappa shape index (κ3) is 6.04. The van der Waals surface area contributed by atoms with Crippen molar-refractivity contribution in [3.05, 3.63) is 187 Å². The van der Waals surface area contributed by atoms with Gasteiger partial charge in [-0.15, -0.1) is 0 Å². The predicted molar refractivity (Wildman–Crippen MR) is 202 cm³/mol. The summed E-state index contributed by atoms with van der Waals surface area (Å²) in [6.45, 7) is 2.18. The molecule has 1 heterocycles. The Balaban J connectivity index is 1.16. The number of aromatic nitrogens is 2. The van der Waals surface area contributed by atoms with Gasteiger partial charge in [-0.25, -0.2) is 9.97 Å². The van der Waals surface area contributed by atoms with Crippen LogP contribution in [0.15, 0.2) is 182 Å². The van der Waals surface area contributed by atoms with Gasteiger partial charge in [-0.1, -0.05) is 169 Å². The van der Waals surface area contributed by atoms with Crippen molar-refractivity contribution in [3.8, 4) is 56.2 Å². The second-order valence-corrected chi connectivity index (χ2v) is 12.3. The Morgan fingerprint density at radius 3 is 1.83 bits per heavy atom. The first kappa shape index (κ1) is 29.3. The molecule has 0 aliphatic heterocycles. The monoisotopic (exact) mass is 614 g/mol. The zero-order valence-electron chi connectivity index (χ0n) is 26.8. The molecule has 0 saturated heterocycles. The van der Waals surface area contributed by atoms with Gasteiger partial charge in [0.1, 0.15) is 0 Å². The fourth-order valence-corrected chi connectivity index (χ4v) is 6.39. The molecule has 6 aromatic carbocycles. The molecular formula is C46H34N2. The zero-order valence-corrected chi connectivity index (χ0v) is 26.8. The normalized spacial score (nSPS) is 12.8. The van der Waals surface area contributed by atoms with E-state index in [-0.39, 0.29) is 0 Å². The van der Waals surface area contributed by atoms with Crippen LogP contribution in [0.5, 0.6) is 0 Å². The Hall–Kier alpha value is -6.12. The molecule has 0 fully saturated rings. The van der Waals surface area contributed by atoms with E-state index >= 15 is 0 Å². The van der Waals surface area contributed by atoms with E-state index in [9.17, 15) is 0 Å². The molecule has 0 atom stereocenters. The first-order valence-corrected chi connectivity index (χ1v) is 16.5. The topological polar surface area (TPSA) is 25.8 Å². The molecule has 0 N–H and O–H groups in total. The fourth-order valence-electron chi connectivity index (χ4n) is 6.39. The van der Waals surface area contributed by atoms with E-state index in [1.54, 1.807) is 0 Å². The van der Waals surface area contributed by atoms with Gasteiger partial charge in [0, 0.05) is 16.7 Å². The number of hydrogen-bond donors (Lipinski definition) is 0. The number of fused-ring (bicyclic) bond motifs is 1. The Bertz CT molecular complexity index is 2330. The number of benzene rings is 6. The van der Waals surface area contributed by atoms with Crippen LogP contribution in [0.4, 0.5) is 0 Å². The smallest absolute Gasteiger partial charge is 0.160 e.